The van der Waals surface area contributed by atoms with Crippen molar-refractivity contribution >= 4 is 23.7 Å². The second-order valence-electron chi connectivity index (χ2n) is 5.67. The number of rotatable bonds is 5. The number of hydrogen-bond donors (Lipinski definition) is 2. The number of nitrogens with one attached hydrogen (secondary N) is 2. The first-order valence-electron chi connectivity index (χ1n) is 7.25. The molecule has 0 aliphatic heterocycles. The molecule has 23 heavy (non-hydrogen) atoms. The van der Waals surface area contributed by atoms with Gasteiger partial charge in [0.1, 0.15) is 12.1 Å². The maximum absolute atomic E-state index is 11.9. The first-order valence-corrected chi connectivity index (χ1v) is 7.25. The van der Waals surface area contributed by atoms with E-state index in [0.717, 1.165) is 0 Å². The molecule has 1 aromatic carbocycles. The second kappa shape index (κ2) is 8.17. The maximum Gasteiger partial charge on any atom is 0.408 e. The van der Waals surface area contributed by atoms with Crippen molar-refractivity contribution in [2.75, 3.05) is 18.5 Å². The number of para-hydroxylation sites is 1. The monoisotopic (exact) mass is 322 g/mol. The molecule has 2 amide bonds. The fourth-order valence-electron chi connectivity index (χ4n) is 1.64. The van der Waals surface area contributed by atoms with Crippen LogP contribution in [-0.2, 0) is 14.3 Å². The van der Waals surface area contributed by atoms with Crippen molar-refractivity contribution in [1.82, 2.24) is 5.32 Å². The summed E-state index contributed by atoms with van der Waals surface area (Å²) in [6.45, 7) is 6.84. The Hall–Kier alpha value is -2.57. The Morgan fingerprint density at radius 3 is 2.39 bits per heavy atom. The fourth-order valence-corrected chi connectivity index (χ4v) is 1.64. The first kappa shape index (κ1) is 18.5. The van der Waals surface area contributed by atoms with Gasteiger partial charge >= 0.3 is 12.1 Å². The molecule has 0 radical (unpaired) electrons. The minimum atomic E-state index is -0.689. The average molecular weight is 322 g/mol. The summed E-state index contributed by atoms with van der Waals surface area (Å²) < 4.78 is 9.95. The van der Waals surface area contributed by atoms with Gasteiger partial charge in [-0.25, -0.2) is 9.59 Å². The van der Waals surface area contributed by atoms with E-state index < -0.39 is 23.6 Å². The number of carbonyl (C=O) groups excluding carboxylic acids is 3. The molecule has 1 aromatic rings. The second-order valence-corrected chi connectivity index (χ2v) is 5.67. The van der Waals surface area contributed by atoms with Crippen LogP contribution in [0, 0.1) is 0 Å². The van der Waals surface area contributed by atoms with Crippen LogP contribution in [-0.4, -0.2) is 36.7 Å². The fraction of sp³-hybridized carbons (Fsp3) is 0.438. The minimum absolute atomic E-state index is 0.237. The van der Waals surface area contributed by atoms with Crippen molar-refractivity contribution in [1.29, 1.82) is 0 Å². The molecule has 0 unspecified atom stereocenters. The number of amides is 2. The lowest BCUT2D eigenvalue weighted by molar-refractivity contribution is -0.115. The van der Waals surface area contributed by atoms with Crippen LogP contribution in [0.4, 0.5) is 10.5 Å². The van der Waals surface area contributed by atoms with E-state index in [1.165, 1.54) is 0 Å². The normalized spacial score (nSPS) is 10.6. The molecular formula is C16H22N2O5. The Morgan fingerprint density at radius 1 is 1.13 bits per heavy atom. The van der Waals surface area contributed by atoms with Gasteiger partial charge in [-0.2, -0.15) is 0 Å². The molecular weight excluding hydrogens is 300 g/mol. The third-order valence-electron chi connectivity index (χ3n) is 2.49. The Morgan fingerprint density at radius 2 is 1.78 bits per heavy atom. The van der Waals surface area contributed by atoms with Crippen LogP contribution >= 0.6 is 0 Å². The van der Waals surface area contributed by atoms with Gasteiger partial charge in [0.05, 0.1) is 17.9 Å². The molecule has 0 saturated heterocycles. The number of esters is 1. The van der Waals surface area contributed by atoms with Crippen molar-refractivity contribution in [3.05, 3.63) is 29.8 Å². The van der Waals surface area contributed by atoms with Crippen LogP contribution in [0.25, 0.3) is 0 Å². The van der Waals surface area contributed by atoms with Crippen LogP contribution in [0.5, 0.6) is 0 Å². The van der Waals surface area contributed by atoms with Crippen LogP contribution in [0.3, 0.4) is 0 Å². The van der Waals surface area contributed by atoms with Gasteiger partial charge < -0.3 is 20.1 Å². The summed E-state index contributed by atoms with van der Waals surface area (Å²) in [6.07, 6.45) is -0.689. The summed E-state index contributed by atoms with van der Waals surface area (Å²) in [5.74, 6) is -1.00. The highest BCUT2D eigenvalue weighted by molar-refractivity contribution is 6.02. The summed E-state index contributed by atoms with van der Waals surface area (Å²) in [4.78, 5) is 35.2. The molecule has 0 heterocycles. The average Bonchev–Trinajstić information content (AvgIpc) is 2.44. The zero-order valence-corrected chi connectivity index (χ0v) is 13.8. The van der Waals surface area contributed by atoms with Gasteiger partial charge in [-0.3, -0.25) is 4.79 Å². The van der Waals surface area contributed by atoms with Crippen LogP contribution < -0.4 is 10.6 Å². The van der Waals surface area contributed by atoms with Crippen molar-refractivity contribution < 1.29 is 23.9 Å². The van der Waals surface area contributed by atoms with Gasteiger partial charge in [-0.05, 0) is 39.8 Å². The number of anilines is 1. The van der Waals surface area contributed by atoms with Crippen LogP contribution in [0.15, 0.2) is 24.3 Å². The topological polar surface area (TPSA) is 93.7 Å². The Labute approximate surface area is 135 Å². The number of carbonyl (C=O) groups is 3. The molecule has 0 fully saturated rings. The SMILES string of the molecule is CCOC(=O)c1ccccc1NC(=O)CNC(=O)OC(C)(C)C. The van der Waals surface area contributed by atoms with E-state index in [9.17, 15) is 14.4 Å². The van der Waals surface area contributed by atoms with E-state index in [1.807, 2.05) is 0 Å². The highest BCUT2D eigenvalue weighted by Crippen LogP contribution is 2.16. The van der Waals surface area contributed by atoms with Crippen LogP contribution in [0.2, 0.25) is 0 Å². The highest BCUT2D eigenvalue weighted by atomic mass is 16.6. The van der Waals surface area contributed by atoms with Gasteiger partial charge in [-0.15, -0.1) is 0 Å². The Bertz CT molecular complexity index is 578. The standard InChI is InChI=1S/C16H22N2O5/c1-5-22-14(20)11-8-6-7-9-12(11)18-13(19)10-17-15(21)23-16(2,3)4/h6-9H,5,10H2,1-4H3,(H,17,21)(H,18,19). The van der Waals surface area contributed by atoms with E-state index in [-0.39, 0.29) is 18.7 Å². The van der Waals surface area contributed by atoms with Gasteiger partial charge in [-0.1, -0.05) is 12.1 Å². The molecule has 0 atom stereocenters. The Balaban J connectivity index is 2.61. The predicted molar refractivity (Wildman–Crippen MR) is 85.3 cm³/mol. The summed E-state index contributed by atoms with van der Waals surface area (Å²) in [5.41, 5.74) is -0.0706. The lowest BCUT2D eigenvalue weighted by Gasteiger charge is -2.19. The summed E-state index contributed by atoms with van der Waals surface area (Å²) >= 11 is 0. The van der Waals surface area contributed by atoms with E-state index in [1.54, 1.807) is 52.0 Å². The Kier molecular flexibility index (Phi) is 6.56. The van der Waals surface area contributed by atoms with Gasteiger partial charge in [0, 0.05) is 0 Å². The van der Waals surface area contributed by atoms with E-state index in [4.69, 9.17) is 9.47 Å². The molecule has 7 heteroatoms. The zero-order chi connectivity index (χ0) is 17.5. The smallest absolute Gasteiger partial charge is 0.408 e. The van der Waals surface area contributed by atoms with E-state index in [0.29, 0.717) is 5.69 Å². The summed E-state index contributed by atoms with van der Waals surface area (Å²) in [5, 5.41) is 4.90. The first-order chi connectivity index (χ1) is 10.7. The molecule has 0 aromatic heterocycles. The van der Waals surface area contributed by atoms with Crippen molar-refractivity contribution in [3.63, 3.8) is 0 Å². The molecule has 0 saturated carbocycles. The predicted octanol–water partition coefficient (Wildman–Crippen LogP) is 2.33. The van der Waals surface area contributed by atoms with Gasteiger partial charge in [0.25, 0.3) is 0 Å². The lowest BCUT2D eigenvalue weighted by Crippen LogP contribution is -2.37. The van der Waals surface area contributed by atoms with Crippen LogP contribution in [0.1, 0.15) is 38.1 Å². The van der Waals surface area contributed by atoms with Crippen molar-refractivity contribution in [2.24, 2.45) is 0 Å². The number of ether oxygens (including phenoxy) is 2. The molecule has 0 aliphatic carbocycles. The molecule has 0 aliphatic rings. The number of alkyl carbamates (subject to hydrolysis) is 1. The summed E-state index contributed by atoms with van der Waals surface area (Å²) in [6, 6.07) is 6.48. The quantitative estimate of drug-likeness (QED) is 0.811. The zero-order valence-electron chi connectivity index (χ0n) is 13.8. The van der Waals surface area contributed by atoms with Gasteiger partial charge in [0.15, 0.2) is 0 Å². The number of hydrogen-bond acceptors (Lipinski definition) is 5. The third-order valence-corrected chi connectivity index (χ3v) is 2.49. The lowest BCUT2D eigenvalue weighted by atomic mass is 10.2. The molecule has 1 rings (SSSR count). The highest BCUT2D eigenvalue weighted by Gasteiger charge is 2.17. The maximum atomic E-state index is 11.9. The molecule has 0 spiro atoms. The molecule has 7 nitrogen and oxygen atoms in total. The third kappa shape index (κ3) is 6.82. The minimum Gasteiger partial charge on any atom is -0.462 e. The van der Waals surface area contributed by atoms with E-state index in [2.05, 4.69) is 10.6 Å². The molecule has 0 bridgehead atoms. The molecule has 126 valence electrons. The van der Waals surface area contributed by atoms with E-state index >= 15 is 0 Å². The van der Waals surface area contributed by atoms with Crippen molar-refractivity contribution in [3.8, 4) is 0 Å². The largest absolute Gasteiger partial charge is 0.462 e. The summed E-state index contributed by atoms with van der Waals surface area (Å²) in [7, 11) is 0. The number of benzene rings is 1. The van der Waals surface area contributed by atoms with Gasteiger partial charge in [0.2, 0.25) is 5.91 Å². The molecule has 2 N–H and O–H groups in total. The van der Waals surface area contributed by atoms with Crippen molar-refractivity contribution in [2.45, 2.75) is 33.3 Å².